The van der Waals surface area contributed by atoms with Crippen molar-refractivity contribution in [3.05, 3.63) is 66.1 Å². The number of nitrogens with two attached hydrogens (primary N) is 2. The number of nitrogen functional groups attached to an aromatic ring is 1. The van der Waals surface area contributed by atoms with Crippen LogP contribution in [0, 0.1) is 11.8 Å². The number of anilines is 2. The first-order valence-corrected chi connectivity index (χ1v) is 11.0. The monoisotopic (exact) mass is 458 g/mol. The van der Waals surface area contributed by atoms with Gasteiger partial charge in [0.05, 0.1) is 6.20 Å². The molecule has 1 aromatic carbocycles. The number of piperidine rings is 1. The van der Waals surface area contributed by atoms with Gasteiger partial charge in [-0.05, 0) is 29.5 Å². The van der Waals surface area contributed by atoms with Crippen LogP contribution in [0.1, 0.15) is 11.3 Å². The summed E-state index contributed by atoms with van der Waals surface area (Å²) in [4.78, 5) is 14.3. The average Bonchev–Trinajstić information content (AvgIpc) is 3.15. The van der Waals surface area contributed by atoms with Crippen molar-refractivity contribution in [2.24, 2.45) is 17.6 Å². The number of hydrogen-bond donors (Lipinski definition) is 2. The van der Waals surface area contributed by atoms with Gasteiger partial charge in [-0.15, -0.1) is 0 Å². The van der Waals surface area contributed by atoms with Crippen LogP contribution in [-0.2, 0) is 11.6 Å². The van der Waals surface area contributed by atoms with Crippen LogP contribution >= 0.6 is 11.8 Å². The second-order valence-electron chi connectivity index (χ2n) is 8.10. The number of benzene rings is 1. The van der Waals surface area contributed by atoms with E-state index in [2.05, 4.69) is 32.0 Å². The largest absolute Gasteiger partial charge is 0.434 e. The molecular formula is C22H21F3N6S. The minimum Gasteiger partial charge on any atom is -0.381 e. The smallest absolute Gasteiger partial charge is 0.381 e. The number of aromatic nitrogens is 3. The van der Waals surface area contributed by atoms with Gasteiger partial charge in [-0.2, -0.15) is 13.2 Å². The van der Waals surface area contributed by atoms with Gasteiger partial charge in [0.15, 0.2) is 11.5 Å². The molecule has 0 amide bonds. The lowest BCUT2D eigenvalue weighted by Gasteiger charge is -2.27. The lowest BCUT2D eigenvalue weighted by molar-refractivity contribution is -0.143. The maximum atomic E-state index is 13.2. The maximum absolute atomic E-state index is 13.2. The molecule has 3 atom stereocenters. The van der Waals surface area contributed by atoms with Gasteiger partial charge < -0.3 is 16.4 Å². The van der Waals surface area contributed by atoms with Crippen molar-refractivity contribution in [1.82, 2.24) is 15.0 Å². The summed E-state index contributed by atoms with van der Waals surface area (Å²) < 4.78 is 39.7. The molecule has 4 N–H and O–H groups in total. The lowest BCUT2D eigenvalue weighted by atomic mass is 9.90. The summed E-state index contributed by atoms with van der Waals surface area (Å²) in [7, 11) is 0. The number of rotatable bonds is 5. The summed E-state index contributed by atoms with van der Waals surface area (Å²) in [6, 6.07) is 13.1. The first kappa shape index (κ1) is 21.0. The molecule has 0 spiro atoms. The fourth-order valence-corrected chi connectivity index (χ4v) is 5.80. The molecule has 6 nitrogen and oxygen atoms in total. The fraction of sp³-hybridized carbons (Fsp3) is 0.318. The standard InChI is InChI=1S/C22H21F3N6S/c23-22(24,25)18-16(7-4-8-28-18)32-20-19(27)30-17(9-29-20)31-10-14-15(11-31)21(14,12-26)13-5-2-1-3-6-13/h1-9,14-15H,10-12,26H2,(H2,27,30)/t14-,15+,21?. The van der Waals surface area contributed by atoms with Gasteiger partial charge in [0.2, 0.25) is 0 Å². The predicted molar refractivity (Wildman–Crippen MR) is 116 cm³/mol. The van der Waals surface area contributed by atoms with Gasteiger partial charge in [0.25, 0.3) is 0 Å². The molecule has 1 unspecified atom stereocenters. The van der Waals surface area contributed by atoms with Gasteiger partial charge in [-0.25, -0.2) is 9.97 Å². The fourth-order valence-electron chi connectivity index (χ4n) is 4.92. The Morgan fingerprint density at radius 2 is 1.78 bits per heavy atom. The molecular weight excluding hydrogens is 437 g/mol. The highest BCUT2D eigenvalue weighted by Gasteiger charge is 2.68. The highest BCUT2D eigenvalue weighted by molar-refractivity contribution is 7.99. The Morgan fingerprint density at radius 3 is 2.41 bits per heavy atom. The third-order valence-corrected chi connectivity index (χ3v) is 7.56. The van der Waals surface area contributed by atoms with Crippen LogP contribution in [0.3, 0.4) is 0 Å². The zero-order chi connectivity index (χ0) is 22.5. The summed E-state index contributed by atoms with van der Waals surface area (Å²) in [5.41, 5.74) is 12.6. The number of hydrogen-bond acceptors (Lipinski definition) is 7. The Bertz CT molecular complexity index is 1130. The average molecular weight is 459 g/mol. The SMILES string of the molecule is NCC1(c2ccccc2)[C@@H]2CN(c3cnc(Sc4cccnc4C(F)(F)F)c(N)n3)C[C@@H]21. The molecule has 0 radical (unpaired) electrons. The molecule has 3 heterocycles. The predicted octanol–water partition coefficient (Wildman–Crippen LogP) is 3.59. The van der Waals surface area contributed by atoms with E-state index in [4.69, 9.17) is 11.5 Å². The first-order valence-electron chi connectivity index (χ1n) is 10.2. The normalized spacial score (nSPS) is 24.4. The molecule has 2 fully saturated rings. The van der Waals surface area contributed by atoms with Crippen LogP contribution < -0.4 is 16.4 Å². The Morgan fingerprint density at radius 1 is 1.06 bits per heavy atom. The minimum absolute atomic E-state index is 0.000824. The second-order valence-corrected chi connectivity index (χ2v) is 9.13. The molecule has 1 aliphatic carbocycles. The number of pyridine rings is 1. The molecule has 5 rings (SSSR count). The van der Waals surface area contributed by atoms with E-state index in [1.54, 1.807) is 6.20 Å². The summed E-state index contributed by atoms with van der Waals surface area (Å²) in [5.74, 6) is 1.58. The Balaban J connectivity index is 1.32. The molecule has 1 saturated carbocycles. The first-order chi connectivity index (χ1) is 15.3. The van der Waals surface area contributed by atoms with Gasteiger partial charge in [0.1, 0.15) is 10.8 Å². The van der Waals surface area contributed by atoms with E-state index in [1.807, 2.05) is 18.2 Å². The van der Waals surface area contributed by atoms with Crippen LogP contribution in [0.15, 0.2) is 64.8 Å². The zero-order valence-electron chi connectivity index (χ0n) is 17.0. The van der Waals surface area contributed by atoms with Gasteiger partial charge >= 0.3 is 6.18 Å². The number of nitrogens with zero attached hydrogens (tertiary/aromatic N) is 4. The highest BCUT2D eigenvalue weighted by Crippen LogP contribution is 2.63. The maximum Gasteiger partial charge on any atom is 0.434 e. The van der Waals surface area contributed by atoms with Crippen molar-refractivity contribution in [2.45, 2.75) is 21.5 Å². The summed E-state index contributed by atoms with van der Waals surface area (Å²) >= 11 is 0.813. The Hall–Kier alpha value is -2.85. The van der Waals surface area contributed by atoms with Crippen molar-refractivity contribution in [3.8, 4) is 0 Å². The van der Waals surface area contributed by atoms with E-state index in [1.165, 1.54) is 17.7 Å². The Kier molecular flexibility index (Phi) is 5.01. The van der Waals surface area contributed by atoms with E-state index in [9.17, 15) is 13.2 Å². The molecule has 10 heteroatoms. The van der Waals surface area contributed by atoms with Gasteiger partial charge in [0, 0.05) is 36.1 Å². The van der Waals surface area contributed by atoms with Gasteiger partial charge in [-0.1, -0.05) is 42.1 Å². The summed E-state index contributed by atoms with van der Waals surface area (Å²) in [6.07, 6.45) is -1.88. The van der Waals surface area contributed by atoms with Crippen molar-refractivity contribution in [1.29, 1.82) is 0 Å². The topological polar surface area (TPSA) is 94.0 Å². The molecule has 2 aromatic heterocycles. The van der Waals surface area contributed by atoms with Crippen LogP contribution in [0.25, 0.3) is 0 Å². The van der Waals surface area contributed by atoms with Crippen LogP contribution in [0.5, 0.6) is 0 Å². The van der Waals surface area contributed by atoms with E-state index in [0.717, 1.165) is 31.0 Å². The van der Waals surface area contributed by atoms with Crippen molar-refractivity contribution in [3.63, 3.8) is 0 Å². The van der Waals surface area contributed by atoms with Crippen molar-refractivity contribution < 1.29 is 13.2 Å². The van der Waals surface area contributed by atoms with E-state index < -0.39 is 11.9 Å². The van der Waals surface area contributed by atoms with Crippen LogP contribution in [0.4, 0.5) is 24.8 Å². The lowest BCUT2D eigenvalue weighted by Crippen LogP contribution is -2.35. The minimum atomic E-state index is -4.56. The molecule has 166 valence electrons. The molecule has 2 aliphatic rings. The van der Waals surface area contributed by atoms with Gasteiger partial charge in [-0.3, -0.25) is 4.98 Å². The third-order valence-electron chi connectivity index (χ3n) is 6.50. The molecule has 0 bridgehead atoms. The third kappa shape index (κ3) is 3.38. The summed E-state index contributed by atoms with van der Waals surface area (Å²) in [6.45, 7) is 2.17. The quantitative estimate of drug-likeness (QED) is 0.604. The van der Waals surface area contributed by atoms with E-state index in [-0.39, 0.29) is 21.2 Å². The zero-order valence-corrected chi connectivity index (χ0v) is 17.8. The van der Waals surface area contributed by atoms with E-state index >= 15 is 0 Å². The molecule has 3 aromatic rings. The van der Waals surface area contributed by atoms with Crippen molar-refractivity contribution in [2.75, 3.05) is 30.3 Å². The van der Waals surface area contributed by atoms with Crippen LogP contribution in [-0.4, -0.2) is 34.6 Å². The van der Waals surface area contributed by atoms with Crippen molar-refractivity contribution >= 4 is 23.4 Å². The number of halogens is 3. The number of fused-ring (bicyclic) bond motifs is 1. The molecule has 1 saturated heterocycles. The van der Waals surface area contributed by atoms with Crippen LogP contribution in [0.2, 0.25) is 0 Å². The highest BCUT2D eigenvalue weighted by atomic mass is 32.2. The second kappa shape index (κ2) is 7.63. The van der Waals surface area contributed by atoms with E-state index in [0.29, 0.717) is 24.2 Å². The summed E-state index contributed by atoms with van der Waals surface area (Å²) in [5, 5.41) is 0.220. The Labute approximate surface area is 187 Å². The molecule has 32 heavy (non-hydrogen) atoms. The molecule has 1 aliphatic heterocycles. The number of alkyl halides is 3.